The van der Waals surface area contributed by atoms with E-state index in [1.165, 1.54) is 0 Å². The van der Waals surface area contributed by atoms with Crippen molar-refractivity contribution in [2.75, 3.05) is 5.32 Å². The Morgan fingerprint density at radius 3 is 2.88 bits per heavy atom. The third-order valence-corrected chi connectivity index (χ3v) is 3.61. The Labute approximate surface area is 108 Å². The molecule has 2 rings (SSSR count). The zero-order chi connectivity index (χ0) is 12.3. The van der Waals surface area contributed by atoms with Crippen LogP contribution in [0.3, 0.4) is 0 Å². The van der Waals surface area contributed by atoms with E-state index in [1.54, 1.807) is 12.1 Å². The van der Waals surface area contributed by atoms with E-state index < -0.39 is 5.82 Å². The fourth-order valence-corrected chi connectivity index (χ4v) is 2.33. The van der Waals surface area contributed by atoms with Gasteiger partial charge >= 0.3 is 0 Å². The second-order valence-electron chi connectivity index (χ2n) is 4.03. The zero-order valence-corrected chi connectivity index (χ0v) is 10.8. The summed E-state index contributed by atoms with van der Waals surface area (Å²) in [4.78, 5) is 0. The molecule has 0 aliphatic heterocycles. The highest BCUT2D eigenvalue weighted by molar-refractivity contribution is 9.10. The van der Waals surface area contributed by atoms with Crippen molar-refractivity contribution in [1.29, 1.82) is 5.26 Å². The van der Waals surface area contributed by atoms with Gasteiger partial charge in [0.1, 0.15) is 6.07 Å². The standard InChI is InChI=1S/C13H12BrFN2/c14-12-9(8-16)6-7-11(13(12)15)17-10-4-2-1-3-5-10/h1-2,6-7,10,17H,3-5H2. The van der Waals surface area contributed by atoms with Gasteiger partial charge in [-0.05, 0) is 47.3 Å². The van der Waals surface area contributed by atoms with E-state index in [0.29, 0.717) is 11.3 Å². The Morgan fingerprint density at radius 2 is 2.24 bits per heavy atom. The van der Waals surface area contributed by atoms with E-state index >= 15 is 0 Å². The third-order valence-electron chi connectivity index (χ3n) is 2.83. The number of nitrogens with one attached hydrogen (secondary N) is 1. The van der Waals surface area contributed by atoms with Crippen LogP contribution in [0.2, 0.25) is 0 Å². The molecule has 1 atom stereocenters. The molecule has 1 aliphatic rings. The fourth-order valence-electron chi connectivity index (χ4n) is 1.89. The molecule has 17 heavy (non-hydrogen) atoms. The molecule has 0 bridgehead atoms. The van der Waals surface area contributed by atoms with Crippen molar-refractivity contribution in [2.45, 2.75) is 25.3 Å². The molecule has 1 N–H and O–H groups in total. The predicted molar refractivity (Wildman–Crippen MR) is 69.2 cm³/mol. The maximum absolute atomic E-state index is 13.9. The van der Waals surface area contributed by atoms with Crippen LogP contribution < -0.4 is 5.32 Å². The van der Waals surface area contributed by atoms with E-state index in [1.807, 2.05) is 6.07 Å². The number of hydrogen-bond donors (Lipinski definition) is 1. The Hall–Kier alpha value is -1.34. The number of rotatable bonds is 2. The molecule has 0 fully saturated rings. The molecule has 1 aromatic rings. The van der Waals surface area contributed by atoms with Gasteiger partial charge in [0.15, 0.2) is 5.82 Å². The van der Waals surface area contributed by atoms with E-state index in [2.05, 4.69) is 33.4 Å². The average molecular weight is 295 g/mol. The predicted octanol–water partition coefficient (Wildman–Crippen LogP) is 3.98. The summed E-state index contributed by atoms with van der Waals surface area (Å²) in [6, 6.07) is 5.45. The minimum absolute atomic E-state index is 0.233. The molecular weight excluding hydrogens is 283 g/mol. The summed E-state index contributed by atoms with van der Waals surface area (Å²) in [5, 5.41) is 12.0. The van der Waals surface area contributed by atoms with Gasteiger partial charge in [-0.2, -0.15) is 5.26 Å². The molecule has 0 aromatic heterocycles. The Balaban J connectivity index is 2.19. The maximum Gasteiger partial charge on any atom is 0.161 e. The highest BCUT2D eigenvalue weighted by Gasteiger charge is 2.15. The first-order chi connectivity index (χ1) is 8.22. The van der Waals surface area contributed by atoms with Crippen molar-refractivity contribution in [3.05, 3.63) is 40.1 Å². The van der Waals surface area contributed by atoms with Gasteiger partial charge in [-0.25, -0.2) is 4.39 Å². The van der Waals surface area contributed by atoms with Gasteiger partial charge in [0, 0.05) is 6.04 Å². The molecule has 88 valence electrons. The van der Waals surface area contributed by atoms with Crippen LogP contribution in [0.4, 0.5) is 10.1 Å². The van der Waals surface area contributed by atoms with E-state index in [4.69, 9.17) is 5.26 Å². The third kappa shape index (κ3) is 2.67. The molecule has 1 unspecified atom stereocenters. The summed E-state index contributed by atoms with van der Waals surface area (Å²) >= 11 is 3.10. The van der Waals surface area contributed by atoms with Crippen molar-refractivity contribution in [3.8, 4) is 6.07 Å². The Kier molecular flexibility index (Phi) is 3.80. The van der Waals surface area contributed by atoms with Gasteiger partial charge in [0.05, 0.1) is 15.7 Å². The van der Waals surface area contributed by atoms with Gasteiger partial charge in [-0.3, -0.25) is 0 Å². The van der Waals surface area contributed by atoms with Crippen LogP contribution in [-0.2, 0) is 0 Å². The summed E-state index contributed by atoms with van der Waals surface area (Å²) < 4.78 is 14.2. The van der Waals surface area contributed by atoms with Crippen LogP contribution in [0.5, 0.6) is 0 Å². The molecule has 4 heteroatoms. The van der Waals surface area contributed by atoms with Gasteiger partial charge in [-0.1, -0.05) is 12.2 Å². The molecule has 0 heterocycles. The minimum Gasteiger partial charge on any atom is -0.380 e. The summed E-state index contributed by atoms with van der Waals surface area (Å²) in [6.07, 6.45) is 7.20. The lowest BCUT2D eigenvalue weighted by Gasteiger charge is -2.21. The molecule has 0 saturated heterocycles. The smallest absolute Gasteiger partial charge is 0.161 e. The molecular formula is C13H12BrFN2. The summed E-state index contributed by atoms with van der Waals surface area (Å²) in [5.41, 5.74) is 0.771. The van der Waals surface area contributed by atoms with Crippen molar-refractivity contribution < 1.29 is 4.39 Å². The minimum atomic E-state index is -0.390. The van der Waals surface area contributed by atoms with E-state index in [-0.39, 0.29) is 10.5 Å². The Morgan fingerprint density at radius 1 is 1.41 bits per heavy atom. The quantitative estimate of drug-likeness (QED) is 0.838. The summed E-state index contributed by atoms with van der Waals surface area (Å²) in [6.45, 7) is 0. The van der Waals surface area contributed by atoms with Crippen molar-refractivity contribution in [1.82, 2.24) is 0 Å². The first-order valence-electron chi connectivity index (χ1n) is 5.52. The first-order valence-corrected chi connectivity index (χ1v) is 6.31. The normalized spacial score (nSPS) is 18.8. The van der Waals surface area contributed by atoms with Gasteiger partial charge < -0.3 is 5.32 Å². The lowest BCUT2D eigenvalue weighted by atomic mass is 10.0. The Bertz CT molecular complexity index is 491. The number of nitrogens with zero attached hydrogens (tertiary/aromatic N) is 1. The number of anilines is 1. The van der Waals surface area contributed by atoms with Crippen LogP contribution in [0.1, 0.15) is 24.8 Å². The number of allylic oxidation sites excluding steroid dienone is 1. The number of benzene rings is 1. The van der Waals surface area contributed by atoms with Crippen molar-refractivity contribution in [3.63, 3.8) is 0 Å². The van der Waals surface area contributed by atoms with Gasteiger partial charge in [0.25, 0.3) is 0 Å². The summed E-state index contributed by atoms with van der Waals surface area (Å²) in [7, 11) is 0. The molecule has 1 aliphatic carbocycles. The van der Waals surface area contributed by atoms with Gasteiger partial charge in [-0.15, -0.1) is 0 Å². The second kappa shape index (κ2) is 5.33. The van der Waals surface area contributed by atoms with E-state index in [0.717, 1.165) is 19.3 Å². The average Bonchev–Trinajstić information content (AvgIpc) is 2.37. The van der Waals surface area contributed by atoms with Crippen molar-refractivity contribution in [2.24, 2.45) is 0 Å². The number of hydrogen-bond acceptors (Lipinski definition) is 2. The highest BCUT2D eigenvalue weighted by atomic mass is 79.9. The molecule has 0 radical (unpaired) electrons. The van der Waals surface area contributed by atoms with Crippen molar-refractivity contribution >= 4 is 21.6 Å². The van der Waals surface area contributed by atoms with Crippen LogP contribution >= 0.6 is 15.9 Å². The van der Waals surface area contributed by atoms with Crippen LogP contribution in [0.25, 0.3) is 0 Å². The molecule has 2 nitrogen and oxygen atoms in total. The monoisotopic (exact) mass is 294 g/mol. The largest absolute Gasteiger partial charge is 0.380 e. The van der Waals surface area contributed by atoms with Crippen LogP contribution in [0, 0.1) is 17.1 Å². The molecule has 0 amide bonds. The second-order valence-corrected chi connectivity index (χ2v) is 4.82. The molecule has 0 saturated carbocycles. The molecule has 1 aromatic carbocycles. The fraction of sp³-hybridized carbons (Fsp3) is 0.308. The maximum atomic E-state index is 13.9. The molecule has 0 spiro atoms. The van der Waals surface area contributed by atoms with E-state index in [9.17, 15) is 4.39 Å². The lowest BCUT2D eigenvalue weighted by molar-refractivity contribution is 0.604. The summed E-state index contributed by atoms with van der Waals surface area (Å²) in [5.74, 6) is -0.390. The first kappa shape index (κ1) is 12.1. The zero-order valence-electron chi connectivity index (χ0n) is 9.21. The van der Waals surface area contributed by atoms with Crippen LogP contribution in [0.15, 0.2) is 28.8 Å². The number of halogens is 2. The SMILES string of the molecule is N#Cc1ccc(NC2CC=CCC2)c(F)c1Br. The highest BCUT2D eigenvalue weighted by Crippen LogP contribution is 2.28. The van der Waals surface area contributed by atoms with Crippen LogP contribution in [-0.4, -0.2) is 6.04 Å². The number of nitriles is 1. The lowest BCUT2D eigenvalue weighted by Crippen LogP contribution is -2.21. The topological polar surface area (TPSA) is 35.8 Å². The van der Waals surface area contributed by atoms with Gasteiger partial charge in [0.2, 0.25) is 0 Å².